The number of nitrogens with one attached hydrogen (secondary N) is 1. The van der Waals surface area contributed by atoms with Crippen LogP contribution in [0, 0.1) is 0 Å². The van der Waals surface area contributed by atoms with Crippen molar-refractivity contribution in [3.05, 3.63) is 30.1 Å². The fraction of sp³-hybridized carbons (Fsp3) is 0.615. The molecule has 88 valence electrons. The van der Waals surface area contributed by atoms with Crippen molar-refractivity contribution in [1.29, 1.82) is 0 Å². The van der Waals surface area contributed by atoms with E-state index in [-0.39, 0.29) is 5.60 Å². The molecule has 0 amide bonds. The molecule has 1 atom stereocenters. The van der Waals surface area contributed by atoms with Gasteiger partial charge in [-0.25, -0.2) is 0 Å². The zero-order valence-corrected chi connectivity index (χ0v) is 10.1. The first-order chi connectivity index (χ1) is 7.80. The topological polar surface area (TPSA) is 34.2 Å². The number of methoxy groups -OCH3 is 1. The highest BCUT2D eigenvalue weighted by atomic mass is 16.5. The summed E-state index contributed by atoms with van der Waals surface area (Å²) < 4.78 is 5.72. The van der Waals surface area contributed by atoms with Crippen LogP contribution in [0.15, 0.2) is 24.5 Å². The molecule has 1 N–H and O–H groups in total. The molecule has 3 heteroatoms. The first-order valence-electron chi connectivity index (χ1n) is 5.92. The monoisotopic (exact) mass is 220 g/mol. The SMILES string of the molecule is CNC(Cc1cccnc1)C1(OC)CCC1. The lowest BCUT2D eigenvalue weighted by molar-refractivity contribution is -0.0966. The fourth-order valence-electron chi connectivity index (χ4n) is 2.53. The normalized spacial score (nSPS) is 20.1. The Kier molecular flexibility index (Phi) is 3.56. The summed E-state index contributed by atoms with van der Waals surface area (Å²) in [5.41, 5.74) is 1.31. The van der Waals surface area contributed by atoms with E-state index in [0.29, 0.717) is 6.04 Å². The van der Waals surface area contributed by atoms with Crippen LogP contribution in [-0.4, -0.2) is 30.8 Å². The van der Waals surface area contributed by atoms with Gasteiger partial charge in [-0.2, -0.15) is 0 Å². The van der Waals surface area contributed by atoms with E-state index >= 15 is 0 Å². The molecule has 0 bridgehead atoms. The van der Waals surface area contributed by atoms with E-state index in [9.17, 15) is 0 Å². The Balaban J connectivity index is 2.06. The Morgan fingerprint density at radius 3 is 2.81 bits per heavy atom. The largest absolute Gasteiger partial charge is 0.377 e. The van der Waals surface area contributed by atoms with Gasteiger partial charge in [-0.3, -0.25) is 4.98 Å². The van der Waals surface area contributed by atoms with Crippen LogP contribution in [0.25, 0.3) is 0 Å². The molecule has 1 aliphatic carbocycles. The molecule has 0 spiro atoms. The van der Waals surface area contributed by atoms with Gasteiger partial charge in [0, 0.05) is 25.5 Å². The number of aromatic nitrogens is 1. The third-order valence-electron chi connectivity index (χ3n) is 3.75. The van der Waals surface area contributed by atoms with E-state index in [2.05, 4.69) is 16.4 Å². The number of pyridine rings is 1. The summed E-state index contributed by atoms with van der Waals surface area (Å²) >= 11 is 0. The van der Waals surface area contributed by atoms with Crippen molar-refractivity contribution < 1.29 is 4.74 Å². The molecule has 2 rings (SSSR count). The minimum absolute atomic E-state index is 0.0462. The second-order valence-electron chi connectivity index (χ2n) is 4.53. The zero-order valence-electron chi connectivity index (χ0n) is 10.1. The average molecular weight is 220 g/mol. The highest BCUT2D eigenvalue weighted by Crippen LogP contribution is 2.38. The number of likely N-dealkylation sites (N-methyl/N-ethyl adjacent to an activating group) is 1. The second-order valence-corrected chi connectivity index (χ2v) is 4.53. The van der Waals surface area contributed by atoms with Crippen LogP contribution in [0.2, 0.25) is 0 Å². The van der Waals surface area contributed by atoms with Crippen LogP contribution >= 0.6 is 0 Å². The summed E-state index contributed by atoms with van der Waals surface area (Å²) in [5.74, 6) is 0. The molecule has 1 heterocycles. The van der Waals surface area contributed by atoms with E-state index < -0.39 is 0 Å². The molecule has 1 fully saturated rings. The van der Waals surface area contributed by atoms with Gasteiger partial charge in [-0.1, -0.05) is 6.07 Å². The summed E-state index contributed by atoms with van der Waals surface area (Å²) in [6.07, 6.45) is 8.33. The van der Waals surface area contributed by atoms with E-state index in [4.69, 9.17) is 4.74 Å². The molecule has 1 aliphatic rings. The Morgan fingerprint density at radius 2 is 2.38 bits per heavy atom. The smallest absolute Gasteiger partial charge is 0.0834 e. The predicted octanol–water partition coefficient (Wildman–Crippen LogP) is 1.78. The Labute approximate surface area is 97.2 Å². The van der Waals surface area contributed by atoms with Crippen LogP contribution in [0.3, 0.4) is 0 Å². The molecule has 1 unspecified atom stereocenters. The third kappa shape index (κ3) is 2.11. The maximum atomic E-state index is 5.72. The van der Waals surface area contributed by atoms with Crippen LogP contribution in [0.5, 0.6) is 0 Å². The quantitative estimate of drug-likeness (QED) is 0.821. The first-order valence-corrected chi connectivity index (χ1v) is 5.92. The van der Waals surface area contributed by atoms with E-state index in [0.717, 1.165) is 19.3 Å². The summed E-state index contributed by atoms with van der Waals surface area (Å²) in [6.45, 7) is 0. The maximum Gasteiger partial charge on any atom is 0.0834 e. The van der Waals surface area contributed by atoms with Gasteiger partial charge in [0.1, 0.15) is 0 Å². The number of hydrogen-bond donors (Lipinski definition) is 1. The molecule has 16 heavy (non-hydrogen) atoms. The highest BCUT2D eigenvalue weighted by Gasteiger charge is 2.43. The lowest BCUT2D eigenvalue weighted by atomic mass is 9.73. The van der Waals surface area contributed by atoms with Crippen molar-refractivity contribution in [2.75, 3.05) is 14.2 Å². The van der Waals surface area contributed by atoms with E-state index in [1.807, 2.05) is 32.6 Å². The number of rotatable bonds is 5. The van der Waals surface area contributed by atoms with Crippen LogP contribution in [0.1, 0.15) is 24.8 Å². The van der Waals surface area contributed by atoms with E-state index in [1.165, 1.54) is 12.0 Å². The molecule has 1 aromatic heterocycles. The van der Waals surface area contributed by atoms with Crippen LogP contribution in [-0.2, 0) is 11.2 Å². The van der Waals surface area contributed by atoms with Gasteiger partial charge in [0.15, 0.2) is 0 Å². The minimum Gasteiger partial charge on any atom is -0.377 e. The molecule has 3 nitrogen and oxygen atoms in total. The molecular formula is C13H20N2O. The predicted molar refractivity (Wildman–Crippen MR) is 64.4 cm³/mol. The van der Waals surface area contributed by atoms with Crippen molar-refractivity contribution in [3.63, 3.8) is 0 Å². The Hall–Kier alpha value is -0.930. The van der Waals surface area contributed by atoms with Crippen molar-refractivity contribution in [3.8, 4) is 0 Å². The van der Waals surface area contributed by atoms with Crippen molar-refractivity contribution in [2.45, 2.75) is 37.3 Å². The molecule has 0 aliphatic heterocycles. The number of ether oxygens (including phenoxy) is 1. The Bertz CT molecular complexity index is 316. The summed E-state index contributed by atoms with van der Waals surface area (Å²) in [4.78, 5) is 4.16. The fourth-order valence-corrected chi connectivity index (χ4v) is 2.53. The highest BCUT2D eigenvalue weighted by molar-refractivity contribution is 5.13. The molecule has 0 aromatic carbocycles. The molecule has 1 saturated carbocycles. The lowest BCUT2D eigenvalue weighted by Gasteiger charge is -2.46. The minimum atomic E-state index is 0.0462. The zero-order chi connectivity index (χ0) is 11.4. The summed E-state index contributed by atoms with van der Waals surface area (Å²) in [6, 6.07) is 4.50. The maximum absolute atomic E-state index is 5.72. The van der Waals surface area contributed by atoms with Gasteiger partial charge in [-0.05, 0) is 44.4 Å². The van der Waals surface area contributed by atoms with Gasteiger partial charge in [0.2, 0.25) is 0 Å². The van der Waals surface area contributed by atoms with Crippen molar-refractivity contribution in [1.82, 2.24) is 10.3 Å². The molecule has 1 aromatic rings. The van der Waals surface area contributed by atoms with Crippen LogP contribution < -0.4 is 5.32 Å². The van der Waals surface area contributed by atoms with Gasteiger partial charge in [0.05, 0.1) is 5.60 Å². The van der Waals surface area contributed by atoms with Crippen molar-refractivity contribution >= 4 is 0 Å². The summed E-state index contributed by atoms with van der Waals surface area (Å²) in [7, 11) is 3.84. The standard InChI is InChI=1S/C13H20N2O/c1-14-12(13(16-2)6-4-7-13)9-11-5-3-8-15-10-11/h3,5,8,10,12,14H,4,6-7,9H2,1-2H3. The molecule has 0 radical (unpaired) electrons. The third-order valence-corrected chi connectivity index (χ3v) is 3.75. The Morgan fingerprint density at radius 1 is 1.56 bits per heavy atom. The van der Waals surface area contributed by atoms with Crippen molar-refractivity contribution in [2.24, 2.45) is 0 Å². The van der Waals surface area contributed by atoms with Gasteiger partial charge in [-0.15, -0.1) is 0 Å². The number of hydrogen-bond acceptors (Lipinski definition) is 3. The van der Waals surface area contributed by atoms with Gasteiger partial charge < -0.3 is 10.1 Å². The first kappa shape index (κ1) is 11.6. The van der Waals surface area contributed by atoms with Gasteiger partial charge in [0.25, 0.3) is 0 Å². The number of nitrogens with zero attached hydrogens (tertiary/aromatic N) is 1. The van der Waals surface area contributed by atoms with E-state index in [1.54, 1.807) is 0 Å². The van der Waals surface area contributed by atoms with Crippen LogP contribution in [0.4, 0.5) is 0 Å². The summed E-state index contributed by atoms with van der Waals surface area (Å²) in [5, 5.41) is 3.39. The average Bonchev–Trinajstić information content (AvgIpc) is 2.28. The van der Waals surface area contributed by atoms with Gasteiger partial charge >= 0.3 is 0 Å². The second kappa shape index (κ2) is 4.93. The lowest BCUT2D eigenvalue weighted by Crippen LogP contribution is -2.56. The molecule has 0 saturated heterocycles. The molecular weight excluding hydrogens is 200 g/mol.